The molecule has 1 N–H and O–H groups in total. The number of hydrogen-bond acceptors (Lipinski definition) is 6. The minimum Gasteiger partial charge on any atom is -0.487 e. The van der Waals surface area contributed by atoms with E-state index in [1.807, 2.05) is 50.2 Å². The van der Waals surface area contributed by atoms with Crippen LogP contribution in [0.15, 0.2) is 58.1 Å². The number of nitrogens with zero attached hydrogens (tertiary/aromatic N) is 2. The van der Waals surface area contributed by atoms with Crippen molar-refractivity contribution in [1.82, 2.24) is 4.98 Å². The van der Waals surface area contributed by atoms with Gasteiger partial charge in [-0.1, -0.05) is 43.3 Å². The second-order valence-corrected chi connectivity index (χ2v) is 8.17. The van der Waals surface area contributed by atoms with Gasteiger partial charge in [0, 0.05) is 5.56 Å². The fraction of sp³-hybridized carbons (Fsp3) is 0.370. The van der Waals surface area contributed by atoms with Crippen molar-refractivity contribution in [3.8, 4) is 17.2 Å². The zero-order valence-corrected chi connectivity index (χ0v) is 20.2. The Hall–Kier alpha value is -3.61. The molecule has 0 aliphatic carbocycles. The first-order chi connectivity index (χ1) is 16.4. The Balaban J connectivity index is 1.61. The summed E-state index contributed by atoms with van der Waals surface area (Å²) in [5.41, 5.74) is 4.26. The second-order valence-electron chi connectivity index (χ2n) is 8.17. The Kier molecular flexibility index (Phi) is 8.85. The lowest BCUT2D eigenvalue weighted by Gasteiger charge is -2.12. The van der Waals surface area contributed by atoms with E-state index >= 15 is 0 Å². The number of aromatic nitrogens is 1. The van der Waals surface area contributed by atoms with E-state index in [-0.39, 0.29) is 6.61 Å². The van der Waals surface area contributed by atoms with Crippen molar-refractivity contribution >= 4 is 11.7 Å². The highest BCUT2D eigenvalue weighted by molar-refractivity contribution is 6.00. The monoisotopic (exact) mass is 464 g/mol. The van der Waals surface area contributed by atoms with Crippen LogP contribution >= 0.6 is 0 Å². The molecule has 1 heterocycles. The molecule has 0 fully saturated rings. The molecule has 34 heavy (non-hydrogen) atoms. The summed E-state index contributed by atoms with van der Waals surface area (Å²) < 4.78 is 11.7. The average molecular weight is 465 g/mol. The quantitative estimate of drug-likeness (QED) is 0.206. The van der Waals surface area contributed by atoms with Crippen molar-refractivity contribution in [3.63, 3.8) is 0 Å². The molecule has 0 aliphatic rings. The molecule has 0 spiro atoms. The fourth-order valence-electron chi connectivity index (χ4n) is 3.39. The maximum atomic E-state index is 11.7. The Morgan fingerprint density at radius 3 is 2.38 bits per heavy atom. The number of rotatable bonds is 12. The number of carbonyl (C=O) groups is 1. The number of benzene rings is 2. The van der Waals surface area contributed by atoms with E-state index in [4.69, 9.17) is 14.0 Å². The summed E-state index contributed by atoms with van der Waals surface area (Å²) in [6.07, 6.45) is 2.13. The Labute approximate surface area is 200 Å². The van der Waals surface area contributed by atoms with Gasteiger partial charge in [0.1, 0.15) is 36.3 Å². The van der Waals surface area contributed by atoms with Crippen molar-refractivity contribution in [3.05, 3.63) is 71.1 Å². The van der Waals surface area contributed by atoms with Gasteiger partial charge in [0.25, 0.3) is 0 Å². The van der Waals surface area contributed by atoms with Crippen LogP contribution in [0.3, 0.4) is 0 Å². The molecular weight excluding hydrogens is 432 g/mol. The third-order valence-electron chi connectivity index (χ3n) is 5.55. The van der Waals surface area contributed by atoms with Crippen LogP contribution in [0.1, 0.15) is 49.8 Å². The molecule has 1 unspecified atom stereocenters. The van der Waals surface area contributed by atoms with Gasteiger partial charge in [-0.05, 0) is 68.5 Å². The van der Waals surface area contributed by atoms with Crippen LogP contribution in [0.4, 0.5) is 0 Å². The number of carboxylic acid groups (broad SMARTS) is 1. The first-order valence-electron chi connectivity index (χ1n) is 11.6. The molecule has 1 aromatic heterocycles. The highest BCUT2D eigenvalue weighted by Gasteiger charge is 2.22. The van der Waals surface area contributed by atoms with Gasteiger partial charge in [-0.3, -0.25) is 4.79 Å². The molecule has 0 aliphatic heterocycles. The lowest BCUT2D eigenvalue weighted by molar-refractivity contribution is -0.139. The summed E-state index contributed by atoms with van der Waals surface area (Å²) in [5, 5.41) is 13.5. The van der Waals surface area contributed by atoms with Crippen molar-refractivity contribution in [1.29, 1.82) is 0 Å². The Morgan fingerprint density at radius 1 is 1.09 bits per heavy atom. The van der Waals surface area contributed by atoms with E-state index < -0.39 is 11.9 Å². The number of oxime groups is 1. The molecular formula is C27H32N2O5. The molecule has 2 aromatic carbocycles. The van der Waals surface area contributed by atoms with Gasteiger partial charge in [-0.2, -0.15) is 0 Å². The Morgan fingerprint density at radius 2 is 1.76 bits per heavy atom. The van der Waals surface area contributed by atoms with E-state index in [1.54, 1.807) is 6.92 Å². The molecule has 3 aromatic rings. The fourth-order valence-corrected chi connectivity index (χ4v) is 3.39. The highest BCUT2D eigenvalue weighted by Crippen LogP contribution is 2.24. The second kappa shape index (κ2) is 12.0. The Bertz CT molecular complexity index is 1100. The lowest BCUT2D eigenvalue weighted by atomic mass is 9.95. The van der Waals surface area contributed by atoms with Crippen LogP contribution in [0.5, 0.6) is 5.75 Å². The molecule has 3 rings (SSSR count). The highest BCUT2D eigenvalue weighted by atomic mass is 16.6. The van der Waals surface area contributed by atoms with Gasteiger partial charge in [-0.25, -0.2) is 4.98 Å². The van der Waals surface area contributed by atoms with Gasteiger partial charge < -0.3 is 19.1 Å². The summed E-state index contributed by atoms with van der Waals surface area (Å²) in [6.45, 7) is 8.39. The predicted octanol–water partition coefficient (Wildman–Crippen LogP) is 5.84. The SMILES string of the molecule is CCCON=C(C)C(Cc1ccc(OCc2nc(-c3ccc(CC)cc3)oc2C)cc1)C(=O)O. The van der Waals surface area contributed by atoms with Gasteiger partial charge in [0.05, 0.1) is 5.71 Å². The van der Waals surface area contributed by atoms with Crippen LogP contribution in [0.25, 0.3) is 11.5 Å². The minimum absolute atomic E-state index is 0.278. The topological polar surface area (TPSA) is 94.2 Å². The molecule has 0 saturated carbocycles. The normalized spacial score (nSPS) is 12.4. The lowest BCUT2D eigenvalue weighted by Crippen LogP contribution is -2.24. The van der Waals surface area contributed by atoms with Gasteiger partial charge >= 0.3 is 5.97 Å². The van der Waals surface area contributed by atoms with Crippen molar-refractivity contribution in [2.45, 2.75) is 53.6 Å². The number of ether oxygens (including phenoxy) is 1. The van der Waals surface area contributed by atoms with Crippen LogP contribution in [-0.2, 0) is 29.1 Å². The van der Waals surface area contributed by atoms with E-state index in [0.29, 0.717) is 30.4 Å². The van der Waals surface area contributed by atoms with Crippen LogP contribution in [0, 0.1) is 12.8 Å². The average Bonchev–Trinajstić information content (AvgIpc) is 3.22. The standard InChI is InChI=1S/C27H32N2O5/c1-5-15-33-29-18(3)24(27(30)31)16-21-9-13-23(14-10-21)32-17-25-19(4)34-26(28-25)22-11-7-20(6-2)8-12-22/h7-14,24H,5-6,15-17H2,1-4H3,(H,30,31). The maximum Gasteiger partial charge on any atom is 0.312 e. The minimum atomic E-state index is -0.927. The summed E-state index contributed by atoms with van der Waals surface area (Å²) >= 11 is 0. The van der Waals surface area contributed by atoms with Crippen molar-refractivity contribution < 1.29 is 23.9 Å². The molecule has 0 radical (unpaired) electrons. The predicted molar refractivity (Wildman–Crippen MR) is 131 cm³/mol. The van der Waals surface area contributed by atoms with Crippen LogP contribution in [-0.4, -0.2) is 28.4 Å². The van der Waals surface area contributed by atoms with Crippen LogP contribution < -0.4 is 4.74 Å². The number of carboxylic acids is 1. The smallest absolute Gasteiger partial charge is 0.312 e. The van der Waals surface area contributed by atoms with Gasteiger partial charge in [0.15, 0.2) is 0 Å². The van der Waals surface area contributed by atoms with E-state index in [1.165, 1.54) is 5.56 Å². The van der Waals surface area contributed by atoms with Crippen LogP contribution in [0.2, 0.25) is 0 Å². The third kappa shape index (κ3) is 6.70. The summed E-state index contributed by atoms with van der Waals surface area (Å²) in [5.74, 6) is 0.294. The van der Waals surface area contributed by atoms with Gasteiger partial charge in [0.2, 0.25) is 5.89 Å². The zero-order chi connectivity index (χ0) is 24.5. The molecule has 0 amide bonds. The molecule has 1 atom stereocenters. The van der Waals surface area contributed by atoms with Crippen molar-refractivity contribution in [2.75, 3.05) is 6.61 Å². The third-order valence-corrected chi connectivity index (χ3v) is 5.55. The molecule has 180 valence electrons. The van der Waals surface area contributed by atoms with Crippen molar-refractivity contribution in [2.24, 2.45) is 11.1 Å². The number of aryl methyl sites for hydroxylation is 2. The van der Waals surface area contributed by atoms with E-state index in [0.717, 1.165) is 35.4 Å². The zero-order valence-electron chi connectivity index (χ0n) is 20.2. The summed E-state index contributed by atoms with van der Waals surface area (Å²) in [7, 11) is 0. The number of oxazole rings is 1. The summed E-state index contributed by atoms with van der Waals surface area (Å²) in [4.78, 5) is 21.4. The van der Waals surface area contributed by atoms with E-state index in [2.05, 4.69) is 29.2 Å². The van der Waals surface area contributed by atoms with E-state index in [9.17, 15) is 9.90 Å². The molecule has 0 bridgehead atoms. The van der Waals surface area contributed by atoms with Gasteiger partial charge in [-0.15, -0.1) is 0 Å². The maximum absolute atomic E-state index is 11.7. The number of hydrogen-bond donors (Lipinski definition) is 1. The largest absolute Gasteiger partial charge is 0.487 e. The number of aliphatic carboxylic acids is 1. The molecule has 7 heteroatoms. The molecule has 0 saturated heterocycles. The first kappa shape index (κ1) is 25.0. The molecule has 7 nitrogen and oxygen atoms in total. The first-order valence-corrected chi connectivity index (χ1v) is 11.6. The summed E-state index contributed by atoms with van der Waals surface area (Å²) in [6, 6.07) is 15.6.